The first-order chi connectivity index (χ1) is 14.0. The third-order valence-corrected chi connectivity index (χ3v) is 5.33. The van der Waals surface area contributed by atoms with Gasteiger partial charge in [-0.3, -0.25) is 4.79 Å². The van der Waals surface area contributed by atoms with Gasteiger partial charge in [0.15, 0.2) is 0 Å². The fourth-order valence-electron chi connectivity index (χ4n) is 4.08. The van der Waals surface area contributed by atoms with Crippen LogP contribution in [0, 0.1) is 0 Å². The Kier molecular flexibility index (Phi) is 5.36. The van der Waals surface area contributed by atoms with Crippen LogP contribution in [0.25, 0.3) is 21.7 Å². The number of para-hydroxylation sites is 1. The van der Waals surface area contributed by atoms with Gasteiger partial charge in [-0.2, -0.15) is 0 Å². The summed E-state index contributed by atoms with van der Waals surface area (Å²) >= 11 is 0. The lowest BCUT2D eigenvalue weighted by atomic mass is 10.0. The van der Waals surface area contributed by atoms with Gasteiger partial charge in [0.05, 0.1) is 5.52 Å². The number of carbonyl (C=O) groups is 1. The average molecular weight is 386 g/mol. The Balaban J connectivity index is 1.79. The molecule has 3 aromatic carbocycles. The Morgan fingerprint density at radius 3 is 2.52 bits per heavy atom. The maximum absolute atomic E-state index is 11.1. The Morgan fingerprint density at radius 1 is 0.966 bits per heavy atom. The number of aryl methyl sites for hydroxylation is 1. The van der Waals surface area contributed by atoms with Crippen LogP contribution in [0.5, 0.6) is 0 Å². The van der Waals surface area contributed by atoms with Crippen molar-refractivity contribution in [2.45, 2.75) is 25.9 Å². The molecule has 0 saturated heterocycles. The van der Waals surface area contributed by atoms with Gasteiger partial charge in [0.25, 0.3) is 0 Å². The van der Waals surface area contributed by atoms with Crippen LogP contribution in [0.1, 0.15) is 23.1 Å². The van der Waals surface area contributed by atoms with E-state index >= 15 is 0 Å². The van der Waals surface area contributed by atoms with E-state index in [0.717, 1.165) is 24.2 Å². The number of carboxylic acid groups (broad SMARTS) is 1. The Hall–Kier alpha value is -3.11. The van der Waals surface area contributed by atoms with Gasteiger partial charge in [0.1, 0.15) is 0 Å². The van der Waals surface area contributed by atoms with Gasteiger partial charge in [-0.15, -0.1) is 0 Å². The van der Waals surface area contributed by atoms with E-state index in [-0.39, 0.29) is 6.42 Å². The largest absolute Gasteiger partial charge is 0.481 e. The van der Waals surface area contributed by atoms with E-state index in [0.29, 0.717) is 6.42 Å². The Labute approximate surface area is 171 Å². The molecule has 0 amide bonds. The predicted molar refractivity (Wildman–Crippen MR) is 118 cm³/mol. The summed E-state index contributed by atoms with van der Waals surface area (Å²) in [5.74, 6) is -0.761. The fourth-order valence-corrected chi connectivity index (χ4v) is 4.08. The number of aliphatic carboxylic acids is 1. The van der Waals surface area contributed by atoms with Crippen molar-refractivity contribution in [2.24, 2.45) is 0 Å². The van der Waals surface area contributed by atoms with E-state index < -0.39 is 5.97 Å². The highest BCUT2D eigenvalue weighted by Crippen LogP contribution is 2.28. The number of aromatic nitrogens is 1. The number of fused-ring (bicyclic) bond motifs is 2. The summed E-state index contributed by atoms with van der Waals surface area (Å²) in [6, 6.07) is 21.2. The van der Waals surface area contributed by atoms with Crippen LogP contribution >= 0.6 is 0 Å². The Morgan fingerprint density at radius 2 is 1.76 bits per heavy atom. The summed E-state index contributed by atoms with van der Waals surface area (Å²) in [4.78, 5) is 13.3. The Bertz CT molecular complexity index is 1170. The first-order valence-corrected chi connectivity index (χ1v) is 9.95. The quantitative estimate of drug-likeness (QED) is 0.490. The summed E-state index contributed by atoms with van der Waals surface area (Å²) in [5, 5.41) is 12.9. The zero-order valence-electron chi connectivity index (χ0n) is 16.9. The van der Waals surface area contributed by atoms with Crippen molar-refractivity contribution in [2.75, 3.05) is 14.1 Å². The molecule has 1 N–H and O–H groups in total. The number of carboxylic acids is 1. The normalized spacial score (nSPS) is 11.6. The second-order valence-corrected chi connectivity index (χ2v) is 7.91. The van der Waals surface area contributed by atoms with E-state index in [1.807, 2.05) is 6.07 Å². The third-order valence-electron chi connectivity index (χ3n) is 5.33. The number of rotatable bonds is 7. The van der Waals surface area contributed by atoms with Gasteiger partial charge in [0.2, 0.25) is 0 Å². The summed E-state index contributed by atoms with van der Waals surface area (Å²) in [6.45, 7) is 1.61. The molecule has 0 aliphatic heterocycles. The molecule has 0 unspecified atom stereocenters. The zero-order valence-corrected chi connectivity index (χ0v) is 16.9. The monoisotopic (exact) mass is 386 g/mol. The molecule has 4 nitrogen and oxygen atoms in total. The van der Waals surface area contributed by atoms with E-state index in [9.17, 15) is 4.79 Å². The van der Waals surface area contributed by atoms with E-state index in [1.54, 1.807) is 0 Å². The molecule has 4 aromatic rings. The standard InChI is InChI=1S/C25H26N2O2/c1-26(2)16-22-17-27(15-18-10-11-19-6-3-4-7-21(19)14-18)25-20(12-13-24(28)29)8-5-9-23(22)25/h3-11,14,17H,12-13,15-16H2,1-2H3,(H,28,29). The molecule has 0 fully saturated rings. The van der Waals surface area contributed by atoms with E-state index in [2.05, 4.69) is 84.4 Å². The van der Waals surface area contributed by atoms with E-state index in [1.165, 1.54) is 27.3 Å². The second kappa shape index (κ2) is 8.10. The first kappa shape index (κ1) is 19.2. The molecule has 0 atom stereocenters. The van der Waals surface area contributed by atoms with Crippen molar-refractivity contribution in [1.82, 2.24) is 9.47 Å². The van der Waals surface area contributed by atoms with Crippen molar-refractivity contribution < 1.29 is 9.90 Å². The highest BCUT2D eigenvalue weighted by atomic mass is 16.4. The molecule has 4 rings (SSSR count). The predicted octanol–water partition coefficient (Wildman–Crippen LogP) is 4.92. The van der Waals surface area contributed by atoms with Crippen molar-refractivity contribution >= 4 is 27.6 Å². The van der Waals surface area contributed by atoms with Gasteiger partial charge >= 0.3 is 5.97 Å². The first-order valence-electron chi connectivity index (χ1n) is 9.95. The smallest absolute Gasteiger partial charge is 0.303 e. The van der Waals surface area contributed by atoms with Crippen molar-refractivity contribution in [1.29, 1.82) is 0 Å². The van der Waals surface area contributed by atoms with Gasteiger partial charge in [-0.25, -0.2) is 0 Å². The maximum Gasteiger partial charge on any atom is 0.303 e. The summed E-state index contributed by atoms with van der Waals surface area (Å²) in [7, 11) is 4.14. The fraction of sp³-hybridized carbons (Fsp3) is 0.240. The highest BCUT2D eigenvalue weighted by molar-refractivity contribution is 5.88. The molecular formula is C25H26N2O2. The molecule has 148 valence electrons. The molecular weight excluding hydrogens is 360 g/mol. The minimum atomic E-state index is -0.761. The van der Waals surface area contributed by atoms with Crippen LogP contribution in [-0.4, -0.2) is 34.6 Å². The maximum atomic E-state index is 11.1. The third kappa shape index (κ3) is 4.17. The van der Waals surface area contributed by atoms with Crippen LogP contribution in [-0.2, 0) is 24.3 Å². The second-order valence-electron chi connectivity index (χ2n) is 7.91. The van der Waals surface area contributed by atoms with Crippen LogP contribution in [0.4, 0.5) is 0 Å². The lowest BCUT2D eigenvalue weighted by Crippen LogP contribution is -2.10. The molecule has 0 radical (unpaired) electrons. The number of hydrogen-bond acceptors (Lipinski definition) is 2. The molecule has 1 aromatic heterocycles. The number of benzene rings is 3. The average Bonchev–Trinajstić information content (AvgIpc) is 3.03. The van der Waals surface area contributed by atoms with Gasteiger partial charge in [-0.05, 0) is 54.0 Å². The summed E-state index contributed by atoms with van der Waals surface area (Å²) in [6.07, 6.45) is 2.91. The molecule has 0 spiro atoms. The summed E-state index contributed by atoms with van der Waals surface area (Å²) in [5.41, 5.74) is 4.75. The van der Waals surface area contributed by atoms with Crippen LogP contribution in [0.2, 0.25) is 0 Å². The molecule has 0 aliphatic rings. The topological polar surface area (TPSA) is 45.5 Å². The molecule has 0 saturated carbocycles. The van der Waals surface area contributed by atoms with E-state index in [4.69, 9.17) is 5.11 Å². The van der Waals surface area contributed by atoms with Crippen LogP contribution in [0.15, 0.2) is 66.9 Å². The van der Waals surface area contributed by atoms with Gasteiger partial charge in [-0.1, -0.05) is 54.6 Å². The summed E-state index contributed by atoms with van der Waals surface area (Å²) < 4.78 is 2.29. The number of nitrogens with zero attached hydrogens (tertiary/aromatic N) is 2. The highest BCUT2D eigenvalue weighted by Gasteiger charge is 2.14. The molecule has 1 heterocycles. The SMILES string of the molecule is CN(C)Cc1cn(Cc2ccc3ccccc3c2)c2c(CCC(=O)O)cccc12. The van der Waals surface area contributed by atoms with Crippen molar-refractivity contribution in [3.05, 3.63) is 83.6 Å². The lowest BCUT2D eigenvalue weighted by Gasteiger charge is -2.10. The molecule has 0 aliphatic carbocycles. The molecule has 29 heavy (non-hydrogen) atoms. The van der Waals surface area contributed by atoms with Crippen LogP contribution < -0.4 is 0 Å². The molecule has 0 bridgehead atoms. The van der Waals surface area contributed by atoms with Gasteiger partial charge in [0, 0.05) is 31.1 Å². The minimum absolute atomic E-state index is 0.142. The van der Waals surface area contributed by atoms with Crippen LogP contribution in [0.3, 0.4) is 0 Å². The van der Waals surface area contributed by atoms with Crippen molar-refractivity contribution in [3.63, 3.8) is 0 Å². The zero-order chi connectivity index (χ0) is 20.4. The lowest BCUT2D eigenvalue weighted by molar-refractivity contribution is -0.136. The van der Waals surface area contributed by atoms with Crippen molar-refractivity contribution in [3.8, 4) is 0 Å². The number of hydrogen-bond donors (Lipinski definition) is 1. The molecule has 4 heteroatoms. The minimum Gasteiger partial charge on any atom is -0.481 e. The van der Waals surface area contributed by atoms with Gasteiger partial charge < -0.3 is 14.6 Å².